The van der Waals surface area contributed by atoms with E-state index < -0.39 is 0 Å². The first-order valence-electron chi connectivity index (χ1n) is 6.44. The predicted molar refractivity (Wildman–Crippen MR) is 79.3 cm³/mol. The molecule has 1 aliphatic heterocycles. The third-order valence-electron chi connectivity index (χ3n) is 3.17. The Kier molecular flexibility index (Phi) is 4.99. The number of nitrogens with zero attached hydrogens (tertiary/aromatic N) is 2. The standard InChI is InChI=1S/C14H16BrN3O2/c1-10(14(19)18-4-6-20-7-5-18)17-13-8-12(15)3-2-11(13)9-16/h2-3,8,10,17H,4-7H2,1H3. The molecule has 1 heterocycles. The lowest BCUT2D eigenvalue weighted by Gasteiger charge is -2.29. The van der Waals surface area contributed by atoms with Crippen LogP contribution in [-0.4, -0.2) is 43.2 Å². The zero-order valence-corrected chi connectivity index (χ0v) is 12.8. The minimum atomic E-state index is -0.380. The van der Waals surface area contributed by atoms with E-state index in [1.54, 1.807) is 24.0 Å². The number of benzene rings is 1. The van der Waals surface area contributed by atoms with Gasteiger partial charge in [-0.25, -0.2) is 0 Å². The third-order valence-corrected chi connectivity index (χ3v) is 3.66. The van der Waals surface area contributed by atoms with Crippen molar-refractivity contribution in [3.63, 3.8) is 0 Å². The molecule has 20 heavy (non-hydrogen) atoms. The Bertz CT molecular complexity index is 536. The first-order chi connectivity index (χ1) is 9.61. The Labute approximate surface area is 126 Å². The largest absolute Gasteiger partial charge is 0.378 e. The van der Waals surface area contributed by atoms with E-state index in [9.17, 15) is 4.79 Å². The van der Waals surface area contributed by atoms with Crippen LogP contribution in [0.1, 0.15) is 12.5 Å². The number of hydrogen-bond acceptors (Lipinski definition) is 4. The van der Waals surface area contributed by atoms with Gasteiger partial charge in [-0.2, -0.15) is 5.26 Å². The molecule has 1 saturated heterocycles. The second kappa shape index (κ2) is 6.73. The van der Waals surface area contributed by atoms with E-state index in [1.165, 1.54) is 0 Å². The normalized spacial score (nSPS) is 16.4. The Morgan fingerprint density at radius 2 is 2.20 bits per heavy atom. The Morgan fingerprint density at radius 3 is 2.85 bits per heavy atom. The van der Waals surface area contributed by atoms with Gasteiger partial charge in [0.25, 0.3) is 0 Å². The summed E-state index contributed by atoms with van der Waals surface area (Å²) in [5.41, 5.74) is 1.19. The second-order valence-corrected chi connectivity index (χ2v) is 5.52. The van der Waals surface area contributed by atoms with Gasteiger partial charge in [-0.15, -0.1) is 0 Å². The quantitative estimate of drug-likeness (QED) is 0.915. The van der Waals surface area contributed by atoms with E-state index in [2.05, 4.69) is 27.3 Å². The molecule has 106 valence electrons. The molecule has 1 aromatic carbocycles. The molecule has 1 N–H and O–H groups in total. The molecule has 1 aromatic rings. The zero-order valence-electron chi connectivity index (χ0n) is 11.2. The summed E-state index contributed by atoms with van der Waals surface area (Å²) in [6.07, 6.45) is 0. The molecule has 0 radical (unpaired) electrons. The predicted octanol–water partition coefficient (Wildman–Crippen LogP) is 1.98. The van der Waals surface area contributed by atoms with E-state index in [1.807, 2.05) is 6.07 Å². The smallest absolute Gasteiger partial charge is 0.244 e. The van der Waals surface area contributed by atoms with Gasteiger partial charge in [0.1, 0.15) is 12.1 Å². The van der Waals surface area contributed by atoms with E-state index in [0.29, 0.717) is 37.6 Å². The number of nitriles is 1. The van der Waals surface area contributed by atoms with Crippen LogP contribution in [0, 0.1) is 11.3 Å². The maximum atomic E-state index is 12.3. The van der Waals surface area contributed by atoms with Crippen molar-refractivity contribution in [1.29, 1.82) is 5.26 Å². The molecular formula is C14H16BrN3O2. The third kappa shape index (κ3) is 3.50. The van der Waals surface area contributed by atoms with Crippen LogP contribution in [-0.2, 0) is 9.53 Å². The molecule has 1 atom stereocenters. The summed E-state index contributed by atoms with van der Waals surface area (Å²) >= 11 is 3.37. The van der Waals surface area contributed by atoms with Gasteiger partial charge in [0, 0.05) is 17.6 Å². The van der Waals surface area contributed by atoms with Crippen LogP contribution in [0.25, 0.3) is 0 Å². The van der Waals surface area contributed by atoms with Crippen molar-refractivity contribution in [2.75, 3.05) is 31.6 Å². The molecule has 0 aromatic heterocycles. The van der Waals surface area contributed by atoms with E-state index in [0.717, 1.165) is 4.47 Å². The number of anilines is 1. The molecule has 6 heteroatoms. The van der Waals surface area contributed by atoms with Crippen molar-refractivity contribution in [3.8, 4) is 6.07 Å². The van der Waals surface area contributed by atoms with Crippen LogP contribution >= 0.6 is 15.9 Å². The number of halogens is 1. The number of carbonyl (C=O) groups is 1. The van der Waals surface area contributed by atoms with Crippen molar-refractivity contribution in [2.45, 2.75) is 13.0 Å². The Balaban J connectivity index is 2.07. The minimum absolute atomic E-state index is 0.0252. The van der Waals surface area contributed by atoms with Crippen LogP contribution in [0.3, 0.4) is 0 Å². The summed E-state index contributed by atoms with van der Waals surface area (Å²) in [5, 5.41) is 12.2. The maximum Gasteiger partial charge on any atom is 0.244 e. The van der Waals surface area contributed by atoms with Crippen LogP contribution in [0.15, 0.2) is 22.7 Å². The van der Waals surface area contributed by atoms with Crippen molar-refractivity contribution < 1.29 is 9.53 Å². The molecule has 0 spiro atoms. The van der Waals surface area contributed by atoms with Crippen LogP contribution in [0.4, 0.5) is 5.69 Å². The lowest BCUT2D eigenvalue weighted by atomic mass is 10.1. The highest BCUT2D eigenvalue weighted by molar-refractivity contribution is 9.10. The van der Waals surface area contributed by atoms with Gasteiger partial charge >= 0.3 is 0 Å². The average molecular weight is 338 g/mol. The number of hydrogen-bond donors (Lipinski definition) is 1. The van der Waals surface area contributed by atoms with Crippen LogP contribution < -0.4 is 5.32 Å². The highest BCUT2D eigenvalue weighted by atomic mass is 79.9. The van der Waals surface area contributed by atoms with Gasteiger partial charge in [-0.1, -0.05) is 15.9 Å². The average Bonchev–Trinajstić information content (AvgIpc) is 2.47. The number of carbonyl (C=O) groups excluding carboxylic acids is 1. The summed E-state index contributed by atoms with van der Waals surface area (Å²) in [7, 11) is 0. The summed E-state index contributed by atoms with van der Waals surface area (Å²) in [6.45, 7) is 4.21. The molecule has 2 rings (SSSR count). The molecular weight excluding hydrogens is 322 g/mol. The van der Waals surface area contributed by atoms with Gasteiger partial charge in [0.05, 0.1) is 24.5 Å². The number of rotatable bonds is 3. The molecule has 1 amide bonds. The first-order valence-corrected chi connectivity index (χ1v) is 7.24. The molecule has 0 bridgehead atoms. The minimum Gasteiger partial charge on any atom is -0.378 e. The second-order valence-electron chi connectivity index (χ2n) is 4.61. The molecule has 0 saturated carbocycles. The summed E-state index contributed by atoms with van der Waals surface area (Å²) in [5.74, 6) is 0.0252. The highest BCUT2D eigenvalue weighted by Crippen LogP contribution is 2.21. The van der Waals surface area contributed by atoms with Gasteiger partial charge in [0.2, 0.25) is 5.91 Å². The highest BCUT2D eigenvalue weighted by Gasteiger charge is 2.22. The number of ether oxygens (including phenoxy) is 1. The number of nitrogens with one attached hydrogen (secondary N) is 1. The molecule has 1 aliphatic rings. The van der Waals surface area contributed by atoms with E-state index >= 15 is 0 Å². The van der Waals surface area contributed by atoms with Crippen molar-refractivity contribution >= 4 is 27.5 Å². The number of amides is 1. The van der Waals surface area contributed by atoms with Crippen molar-refractivity contribution in [2.24, 2.45) is 0 Å². The monoisotopic (exact) mass is 337 g/mol. The zero-order chi connectivity index (χ0) is 14.5. The topological polar surface area (TPSA) is 65.4 Å². The van der Waals surface area contributed by atoms with Gasteiger partial charge < -0.3 is 15.0 Å². The van der Waals surface area contributed by atoms with Gasteiger partial charge in [-0.3, -0.25) is 4.79 Å². The van der Waals surface area contributed by atoms with Crippen molar-refractivity contribution in [1.82, 2.24) is 4.90 Å². The summed E-state index contributed by atoms with van der Waals surface area (Å²) in [4.78, 5) is 14.1. The Hall–Kier alpha value is -1.58. The fourth-order valence-electron chi connectivity index (χ4n) is 2.09. The van der Waals surface area contributed by atoms with E-state index in [4.69, 9.17) is 10.00 Å². The molecule has 1 unspecified atom stereocenters. The van der Waals surface area contributed by atoms with E-state index in [-0.39, 0.29) is 11.9 Å². The SMILES string of the molecule is CC(Nc1cc(Br)ccc1C#N)C(=O)N1CCOCC1. The first kappa shape index (κ1) is 14.8. The van der Waals surface area contributed by atoms with Gasteiger partial charge in [-0.05, 0) is 25.1 Å². The van der Waals surface area contributed by atoms with Gasteiger partial charge in [0.15, 0.2) is 0 Å². The number of morpholine rings is 1. The fraction of sp³-hybridized carbons (Fsp3) is 0.429. The summed E-state index contributed by atoms with van der Waals surface area (Å²) in [6, 6.07) is 7.07. The molecule has 1 fully saturated rings. The lowest BCUT2D eigenvalue weighted by Crippen LogP contribution is -2.47. The van der Waals surface area contributed by atoms with Crippen molar-refractivity contribution in [3.05, 3.63) is 28.2 Å². The lowest BCUT2D eigenvalue weighted by molar-refractivity contribution is -0.135. The maximum absolute atomic E-state index is 12.3. The molecule has 0 aliphatic carbocycles. The van der Waals surface area contributed by atoms with Crippen LogP contribution in [0.5, 0.6) is 0 Å². The Morgan fingerprint density at radius 1 is 1.50 bits per heavy atom. The fourth-order valence-corrected chi connectivity index (χ4v) is 2.45. The molecule has 5 nitrogen and oxygen atoms in total. The summed E-state index contributed by atoms with van der Waals surface area (Å²) < 4.78 is 6.10. The van der Waals surface area contributed by atoms with Crippen LogP contribution in [0.2, 0.25) is 0 Å².